The zero-order chi connectivity index (χ0) is 15.7. The van der Waals surface area contributed by atoms with E-state index in [0.29, 0.717) is 10.8 Å². The number of nitrogens with two attached hydrogens (primary N) is 1. The summed E-state index contributed by atoms with van der Waals surface area (Å²) in [4.78, 5) is 0. The van der Waals surface area contributed by atoms with Crippen molar-refractivity contribution >= 4 is 33.4 Å². The first-order chi connectivity index (χ1) is 9.81. The minimum absolute atomic E-state index is 0.0491. The highest BCUT2D eigenvalue weighted by Gasteiger charge is 2.15. The average Bonchev–Trinajstić information content (AvgIpc) is 2.41. The van der Waals surface area contributed by atoms with Gasteiger partial charge in [0, 0.05) is 10.6 Å². The Morgan fingerprint density at radius 3 is 2.38 bits per heavy atom. The largest absolute Gasteiger partial charge is 0.454 e. The fraction of sp³-hybridized carbons (Fsp3) is 0.133. The van der Waals surface area contributed by atoms with E-state index in [9.17, 15) is 4.39 Å². The van der Waals surface area contributed by atoms with Gasteiger partial charge in [-0.15, -0.1) is 0 Å². The Morgan fingerprint density at radius 1 is 1.29 bits per heavy atom. The van der Waals surface area contributed by atoms with E-state index in [-0.39, 0.29) is 21.6 Å². The summed E-state index contributed by atoms with van der Waals surface area (Å²) in [5.41, 5.74) is 7.36. The van der Waals surface area contributed by atoms with Crippen LogP contribution in [0.25, 0.3) is 0 Å². The van der Waals surface area contributed by atoms with Crippen LogP contribution in [0.4, 0.5) is 4.39 Å². The smallest absolute Gasteiger partial charge is 0.180 e. The quantitative estimate of drug-likeness (QED) is 0.593. The molecule has 0 unspecified atom stereocenters. The highest BCUT2D eigenvalue weighted by Crippen LogP contribution is 2.33. The van der Waals surface area contributed by atoms with Crippen LogP contribution in [-0.4, -0.2) is 5.84 Å². The summed E-state index contributed by atoms with van der Waals surface area (Å²) in [6.45, 7) is 3.71. The van der Waals surface area contributed by atoms with Gasteiger partial charge in [-0.2, -0.15) is 0 Å². The van der Waals surface area contributed by atoms with Gasteiger partial charge < -0.3 is 10.5 Å². The Hall–Kier alpha value is -1.59. The minimum atomic E-state index is -0.604. The van der Waals surface area contributed by atoms with E-state index < -0.39 is 5.82 Å². The van der Waals surface area contributed by atoms with E-state index in [1.54, 1.807) is 12.1 Å². The summed E-state index contributed by atoms with van der Waals surface area (Å²) in [5, 5.41) is 8.03. The van der Waals surface area contributed by atoms with Crippen LogP contribution >= 0.6 is 27.5 Å². The van der Waals surface area contributed by atoms with Gasteiger partial charge in [0.2, 0.25) is 0 Å². The molecule has 0 fully saturated rings. The maximum absolute atomic E-state index is 14.2. The molecule has 2 aromatic carbocycles. The van der Waals surface area contributed by atoms with Gasteiger partial charge in [-0.3, -0.25) is 5.41 Å². The molecule has 0 atom stereocenters. The van der Waals surface area contributed by atoms with Crippen LogP contribution in [-0.2, 0) is 0 Å². The first kappa shape index (κ1) is 15.8. The number of hydrogen-bond acceptors (Lipinski definition) is 2. The predicted molar refractivity (Wildman–Crippen MR) is 86.1 cm³/mol. The molecule has 3 nitrogen and oxygen atoms in total. The van der Waals surface area contributed by atoms with Crippen LogP contribution in [0.1, 0.15) is 16.7 Å². The first-order valence-corrected chi connectivity index (χ1v) is 7.25. The fourth-order valence-electron chi connectivity index (χ4n) is 1.91. The third-order valence-electron chi connectivity index (χ3n) is 2.97. The van der Waals surface area contributed by atoms with E-state index in [1.807, 2.05) is 13.8 Å². The average molecular weight is 372 g/mol. The van der Waals surface area contributed by atoms with Crippen molar-refractivity contribution in [3.8, 4) is 11.5 Å². The summed E-state index contributed by atoms with van der Waals surface area (Å²) in [6.07, 6.45) is 0. The van der Waals surface area contributed by atoms with Crippen LogP contribution < -0.4 is 10.5 Å². The van der Waals surface area contributed by atoms with Gasteiger partial charge in [-0.05, 0) is 65.2 Å². The Labute approximate surface area is 135 Å². The van der Waals surface area contributed by atoms with Crippen molar-refractivity contribution in [2.75, 3.05) is 0 Å². The lowest BCUT2D eigenvalue weighted by Gasteiger charge is -2.12. The molecule has 3 N–H and O–H groups in total. The number of nitrogens with one attached hydrogen (secondary N) is 1. The van der Waals surface area contributed by atoms with E-state index in [0.717, 1.165) is 11.1 Å². The zero-order valence-electron chi connectivity index (χ0n) is 11.4. The molecule has 2 rings (SSSR count). The summed E-state index contributed by atoms with van der Waals surface area (Å²) in [6, 6.07) is 6.44. The molecule has 21 heavy (non-hydrogen) atoms. The third kappa shape index (κ3) is 3.19. The number of nitrogen functional groups attached to an aromatic ring is 1. The maximum Gasteiger partial charge on any atom is 0.180 e. The second-order valence-corrected chi connectivity index (χ2v) is 5.80. The van der Waals surface area contributed by atoms with Gasteiger partial charge in [0.05, 0.1) is 4.47 Å². The molecule has 0 aliphatic heterocycles. The monoisotopic (exact) mass is 370 g/mol. The van der Waals surface area contributed by atoms with Crippen molar-refractivity contribution in [1.82, 2.24) is 0 Å². The lowest BCUT2D eigenvalue weighted by molar-refractivity contribution is 0.439. The van der Waals surface area contributed by atoms with Crippen LogP contribution in [0.2, 0.25) is 5.02 Å². The van der Waals surface area contributed by atoms with Gasteiger partial charge in [0.25, 0.3) is 0 Å². The van der Waals surface area contributed by atoms with Gasteiger partial charge in [0.15, 0.2) is 11.6 Å². The summed E-state index contributed by atoms with van der Waals surface area (Å²) in [5.74, 6) is -0.276. The van der Waals surface area contributed by atoms with Gasteiger partial charge in [0.1, 0.15) is 11.6 Å². The SMILES string of the molecule is Cc1cc(Oc2ccc(C(=N)N)c(Br)c2F)cc(C)c1Cl. The molecule has 0 aromatic heterocycles. The lowest BCUT2D eigenvalue weighted by Crippen LogP contribution is -2.12. The minimum Gasteiger partial charge on any atom is -0.454 e. The van der Waals surface area contributed by atoms with Crippen LogP contribution in [0, 0.1) is 25.1 Å². The van der Waals surface area contributed by atoms with Crippen molar-refractivity contribution in [3.05, 3.63) is 56.3 Å². The Bertz CT molecular complexity index is 711. The molecule has 0 radical (unpaired) electrons. The summed E-state index contributed by atoms with van der Waals surface area (Å²) < 4.78 is 19.9. The zero-order valence-corrected chi connectivity index (χ0v) is 13.8. The van der Waals surface area contributed by atoms with Crippen LogP contribution in [0.5, 0.6) is 11.5 Å². The highest BCUT2D eigenvalue weighted by molar-refractivity contribution is 9.10. The van der Waals surface area contributed by atoms with E-state index in [2.05, 4.69) is 15.9 Å². The molecule has 0 saturated heterocycles. The number of ether oxygens (including phenoxy) is 1. The molecule has 0 aliphatic carbocycles. The second kappa shape index (κ2) is 6.03. The number of halogens is 3. The second-order valence-electron chi connectivity index (χ2n) is 4.63. The Kier molecular flexibility index (Phi) is 4.54. The number of benzene rings is 2. The van der Waals surface area contributed by atoms with Crippen LogP contribution in [0.15, 0.2) is 28.7 Å². The standard InChI is InChI=1S/C15H13BrClFN2O/c1-7-5-9(6-8(2)13(7)17)21-11-4-3-10(15(19)20)12(16)14(11)18/h3-6H,1-2H3,(H3,19,20). The molecule has 2 aromatic rings. The van der Waals surface area contributed by atoms with Crippen molar-refractivity contribution in [1.29, 1.82) is 5.41 Å². The molecule has 0 spiro atoms. The normalized spacial score (nSPS) is 10.5. The van der Waals surface area contributed by atoms with E-state index in [1.165, 1.54) is 12.1 Å². The Morgan fingerprint density at radius 2 is 1.86 bits per heavy atom. The van der Waals surface area contributed by atoms with Crippen molar-refractivity contribution in [2.24, 2.45) is 5.73 Å². The molecule has 0 saturated carbocycles. The summed E-state index contributed by atoms with van der Waals surface area (Å²) >= 11 is 9.18. The topological polar surface area (TPSA) is 59.1 Å². The molecule has 6 heteroatoms. The molecule has 110 valence electrons. The van der Waals surface area contributed by atoms with Crippen molar-refractivity contribution < 1.29 is 9.13 Å². The number of aryl methyl sites for hydroxylation is 2. The fourth-order valence-corrected chi connectivity index (χ4v) is 2.56. The number of amidine groups is 1. The van der Waals surface area contributed by atoms with Crippen molar-refractivity contribution in [3.63, 3.8) is 0 Å². The van der Waals surface area contributed by atoms with Gasteiger partial charge in [-0.25, -0.2) is 4.39 Å². The third-order valence-corrected chi connectivity index (χ3v) is 4.35. The number of hydrogen-bond donors (Lipinski definition) is 2. The first-order valence-electron chi connectivity index (χ1n) is 6.08. The van der Waals surface area contributed by atoms with Crippen molar-refractivity contribution in [2.45, 2.75) is 13.8 Å². The lowest BCUT2D eigenvalue weighted by atomic mass is 10.1. The maximum atomic E-state index is 14.2. The van der Waals surface area contributed by atoms with E-state index in [4.69, 9.17) is 27.5 Å². The predicted octanol–water partition coefficient (Wildman–Crippen LogP) is 4.93. The summed E-state index contributed by atoms with van der Waals surface area (Å²) in [7, 11) is 0. The molecule has 0 heterocycles. The molecule has 0 bridgehead atoms. The highest BCUT2D eigenvalue weighted by atomic mass is 79.9. The van der Waals surface area contributed by atoms with Crippen LogP contribution in [0.3, 0.4) is 0 Å². The molecular formula is C15H13BrClFN2O. The van der Waals surface area contributed by atoms with Gasteiger partial charge in [-0.1, -0.05) is 11.6 Å². The van der Waals surface area contributed by atoms with E-state index >= 15 is 0 Å². The molecule has 0 amide bonds. The Balaban J connectivity index is 2.41. The van der Waals surface area contributed by atoms with Gasteiger partial charge >= 0.3 is 0 Å². The molecule has 0 aliphatic rings. The number of rotatable bonds is 3. The molecular weight excluding hydrogens is 359 g/mol.